The first-order valence-electron chi connectivity index (χ1n) is 7.21. The summed E-state index contributed by atoms with van der Waals surface area (Å²) in [5.74, 6) is -3.21. The lowest BCUT2D eigenvalue weighted by atomic mass is 10.3. The predicted molar refractivity (Wildman–Crippen MR) is 81.3 cm³/mol. The van der Waals surface area contributed by atoms with Gasteiger partial charge in [-0.1, -0.05) is 0 Å². The van der Waals surface area contributed by atoms with Crippen LogP contribution in [0.25, 0.3) is 0 Å². The Hall–Kier alpha value is -2.35. The first-order chi connectivity index (χ1) is 11.0. The molecule has 0 bridgehead atoms. The van der Waals surface area contributed by atoms with E-state index in [9.17, 15) is 13.2 Å². The third-order valence-electron chi connectivity index (χ3n) is 3.75. The first-order valence-corrected chi connectivity index (χ1v) is 7.21. The summed E-state index contributed by atoms with van der Waals surface area (Å²) in [6.07, 6.45) is 1.54. The van der Waals surface area contributed by atoms with E-state index in [4.69, 9.17) is 0 Å². The maximum atomic E-state index is 13.7. The smallest absolute Gasteiger partial charge is 0.229 e. The minimum Gasteiger partial charge on any atom is -0.354 e. The Bertz CT molecular complexity index is 702. The molecule has 3 rings (SSSR count). The van der Waals surface area contributed by atoms with Crippen molar-refractivity contribution in [2.24, 2.45) is 0 Å². The lowest BCUT2D eigenvalue weighted by Gasteiger charge is -2.33. The number of anilines is 3. The Morgan fingerprint density at radius 1 is 1.00 bits per heavy atom. The average molecular weight is 323 g/mol. The number of halogens is 3. The summed E-state index contributed by atoms with van der Waals surface area (Å²) in [7, 11) is 2.05. The number of aromatic nitrogens is 2. The van der Waals surface area contributed by atoms with Gasteiger partial charge in [-0.15, -0.1) is 0 Å². The summed E-state index contributed by atoms with van der Waals surface area (Å²) >= 11 is 0. The minimum absolute atomic E-state index is 0.131. The van der Waals surface area contributed by atoms with Crippen LogP contribution in [0.15, 0.2) is 24.4 Å². The molecule has 122 valence electrons. The first kappa shape index (κ1) is 15.5. The van der Waals surface area contributed by atoms with Gasteiger partial charge in [-0.3, -0.25) is 0 Å². The van der Waals surface area contributed by atoms with Gasteiger partial charge >= 0.3 is 0 Å². The topological polar surface area (TPSA) is 44.3 Å². The van der Waals surface area contributed by atoms with Crippen molar-refractivity contribution in [3.8, 4) is 0 Å². The highest BCUT2D eigenvalue weighted by Gasteiger charge is 2.17. The number of rotatable bonds is 3. The van der Waals surface area contributed by atoms with Crippen molar-refractivity contribution < 1.29 is 13.2 Å². The van der Waals surface area contributed by atoms with E-state index in [0.29, 0.717) is 5.82 Å². The molecule has 0 aliphatic carbocycles. The van der Waals surface area contributed by atoms with Gasteiger partial charge in [0.25, 0.3) is 0 Å². The Labute approximate surface area is 131 Å². The van der Waals surface area contributed by atoms with Crippen molar-refractivity contribution in [2.45, 2.75) is 0 Å². The normalized spacial score (nSPS) is 15.7. The van der Waals surface area contributed by atoms with Gasteiger partial charge in [-0.25, -0.2) is 18.2 Å². The molecule has 1 aliphatic rings. The zero-order valence-corrected chi connectivity index (χ0v) is 12.6. The molecule has 23 heavy (non-hydrogen) atoms. The molecule has 8 heteroatoms. The van der Waals surface area contributed by atoms with Crippen molar-refractivity contribution in [1.82, 2.24) is 14.9 Å². The summed E-state index contributed by atoms with van der Waals surface area (Å²) in [4.78, 5) is 12.6. The summed E-state index contributed by atoms with van der Waals surface area (Å²) in [5, 5.41) is 2.59. The van der Waals surface area contributed by atoms with Crippen LogP contribution in [0.2, 0.25) is 0 Å². The fourth-order valence-electron chi connectivity index (χ4n) is 2.36. The largest absolute Gasteiger partial charge is 0.354 e. The lowest BCUT2D eigenvalue weighted by molar-refractivity contribution is 0.312. The van der Waals surface area contributed by atoms with Gasteiger partial charge in [0.15, 0.2) is 17.5 Å². The summed E-state index contributed by atoms with van der Waals surface area (Å²) in [6.45, 7) is 3.49. The van der Waals surface area contributed by atoms with Gasteiger partial charge in [0.2, 0.25) is 5.95 Å². The van der Waals surface area contributed by atoms with Crippen molar-refractivity contribution in [3.63, 3.8) is 0 Å². The fourth-order valence-corrected chi connectivity index (χ4v) is 2.36. The third-order valence-corrected chi connectivity index (χ3v) is 3.75. The van der Waals surface area contributed by atoms with Gasteiger partial charge < -0.3 is 15.1 Å². The lowest BCUT2D eigenvalue weighted by Crippen LogP contribution is -2.44. The summed E-state index contributed by atoms with van der Waals surface area (Å²) in [5.41, 5.74) is -0.209. The highest BCUT2D eigenvalue weighted by Crippen LogP contribution is 2.23. The molecule has 1 aliphatic heterocycles. The molecule has 1 N–H and O–H groups in total. The third kappa shape index (κ3) is 3.37. The van der Waals surface area contributed by atoms with E-state index in [2.05, 4.69) is 32.1 Å². The number of nitrogens with zero attached hydrogens (tertiary/aromatic N) is 4. The van der Waals surface area contributed by atoms with Gasteiger partial charge in [0.05, 0.1) is 5.69 Å². The molecule has 2 heterocycles. The second-order valence-corrected chi connectivity index (χ2v) is 5.38. The predicted octanol–water partition coefficient (Wildman–Crippen LogP) is 2.39. The molecule has 1 aromatic heterocycles. The molecule has 0 unspecified atom stereocenters. The number of piperazine rings is 1. The van der Waals surface area contributed by atoms with E-state index < -0.39 is 17.5 Å². The van der Waals surface area contributed by atoms with E-state index in [-0.39, 0.29) is 11.6 Å². The van der Waals surface area contributed by atoms with Crippen molar-refractivity contribution in [2.75, 3.05) is 43.4 Å². The monoisotopic (exact) mass is 323 g/mol. The Balaban J connectivity index is 1.79. The fraction of sp³-hybridized carbons (Fsp3) is 0.333. The summed E-state index contributed by atoms with van der Waals surface area (Å²) in [6, 6.07) is 3.73. The van der Waals surface area contributed by atoms with Crippen molar-refractivity contribution in [1.29, 1.82) is 0 Å². The second kappa shape index (κ2) is 6.41. The molecule has 1 saturated heterocycles. The molecule has 1 aromatic carbocycles. The van der Waals surface area contributed by atoms with E-state index in [1.54, 1.807) is 12.3 Å². The Morgan fingerprint density at radius 2 is 1.74 bits per heavy atom. The number of hydrogen-bond acceptors (Lipinski definition) is 5. The van der Waals surface area contributed by atoms with Crippen LogP contribution in [-0.4, -0.2) is 48.1 Å². The van der Waals surface area contributed by atoms with E-state index in [1.807, 2.05) is 0 Å². The van der Waals surface area contributed by atoms with Crippen LogP contribution < -0.4 is 10.2 Å². The molecule has 1 fully saturated rings. The van der Waals surface area contributed by atoms with Gasteiger partial charge in [-0.05, 0) is 25.2 Å². The van der Waals surface area contributed by atoms with Crippen LogP contribution in [-0.2, 0) is 0 Å². The highest BCUT2D eigenvalue weighted by molar-refractivity contribution is 5.56. The molecule has 0 saturated carbocycles. The molecule has 0 radical (unpaired) electrons. The van der Waals surface area contributed by atoms with Crippen LogP contribution >= 0.6 is 0 Å². The van der Waals surface area contributed by atoms with Crippen LogP contribution in [0.4, 0.5) is 30.6 Å². The van der Waals surface area contributed by atoms with Crippen LogP contribution in [0.1, 0.15) is 0 Å². The molecular formula is C15H16F3N5. The Morgan fingerprint density at radius 3 is 2.48 bits per heavy atom. The number of nitrogens with one attached hydrogen (secondary N) is 1. The van der Waals surface area contributed by atoms with E-state index >= 15 is 0 Å². The zero-order valence-electron chi connectivity index (χ0n) is 12.6. The maximum absolute atomic E-state index is 13.7. The number of hydrogen-bond donors (Lipinski definition) is 1. The maximum Gasteiger partial charge on any atom is 0.229 e. The van der Waals surface area contributed by atoms with Crippen LogP contribution in [0.3, 0.4) is 0 Å². The quantitative estimate of drug-likeness (QED) is 0.879. The highest BCUT2D eigenvalue weighted by atomic mass is 19.2. The molecule has 5 nitrogen and oxygen atoms in total. The SMILES string of the molecule is CN1CCN(c2ccnc(Nc3ccc(F)c(F)c3F)n2)CC1. The molecular weight excluding hydrogens is 307 g/mol. The molecule has 0 spiro atoms. The van der Waals surface area contributed by atoms with Crippen LogP contribution in [0.5, 0.6) is 0 Å². The number of benzene rings is 1. The van der Waals surface area contributed by atoms with Gasteiger partial charge in [0.1, 0.15) is 5.82 Å². The average Bonchev–Trinajstić information content (AvgIpc) is 2.56. The Kier molecular flexibility index (Phi) is 4.33. The minimum atomic E-state index is -1.52. The number of likely N-dealkylation sites (N-methyl/N-ethyl adjacent to an activating group) is 1. The zero-order chi connectivity index (χ0) is 16.4. The molecule has 0 atom stereocenters. The van der Waals surface area contributed by atoms with Crippen molar-refractivity contribution in [3.05, 3.63) is 41.8 Å². The summed E-state index contributed by atoms with van der Waals surface area (Å²) < 4.78 is 39.9. The molecule has 0 amide bonds. The van der Waals surface area contributed by atoms with Gasteiger partial charge in [0, 0.05) is 32.4 Å². The molecule has 2 aromatic rings. The van der Waals surface area contributed by atoms with E-state index in [1.165, 1.54) is 0 Å². The standard InChI is InChI=1S/C15H16F3N5/c1-22-6-8-23(9-7-22)12-4-5-19-15(21-12)20-11-3-2-10(16)13(17)14(11)18/h2-5H,6-9H2,1H3,(H,19,20,21). The second-order valence-electron chi connectivity index (χ2n) is 5.38. The van der Waals surface area contributed by atoms with E-state index in [0.717, 1.165) is 38.3 Å². The van der Waals surface area contributed by atoms with Crippen molar-refractivity contribution >= 4 is 17.5 Å². The van der Waals surface area contributed by atoms with Gasteiger partial charge in [-0.2, -0.15) is 4.98 Å². The van der Waals surface area contributed by atoms with Crippen LogP contribution in [0, 0.1) is 17.5 Å².